The second-order valence-corrected chi connectivity index (χ2v) is 10.9. The van der Waals surface area contributed by atoms with Gasteiger partial charge in [0.1, 0.15) is 31.1 Å². The maximum atomic E-state index is 15.0. The van der Waals surface area contributed by atoms with Crippen LogP contribution >= 0.6 is 11.6 Å². The van der Waals surface area contributed by atoms with E-state index in [1.165, 1.54) is 36.4 Å². The lowest BCUT2D eigenvalue weighted by molar-refractivity contribution is -0.146. The maximum absolute atomic E-state index is 15.0. The number of anilines is 1. The predicted molar refractivity (Wildman–Crippen MR) is 143 cm³/mol. The molecule has 1 heterocycles. The fraction of sp³-hybridized carbons (Fsp3) is 0.481. The van der Waals surface area contributed by atoms with E-state index in [-0.39, 0.29) is 18.7 Å². The van der Waals surface area contributed by atoms with Crippen LogP contribution in [0.4, 0.5) is 14.5 Å². The lowest BCUT2D eigenvalue weighted by Crippen LogP contribution is -2.61. The number of aliphatic hydroxyl groups is 1. The zero-order chi connectivity index (χ0) is 27.3. The third kappa shape index (κ3) is 7.04. The largest absolute Gasteiger partial charge is 0.384 e. The van der Waals surface area contributed by atoms with Crippen molar-refractivity contribution in [3.63, 3.8) is 0 Å². The number of nitrogens with zero attached hydrogens (tertiary/aromatic N) is 4. The molecule has 0 saturated heterocycles. The molecule has 37 heavy (non-hydrogen) atoms. The van der Waals surface area contributed by atoms with Crippen LogP contribution in [0, 0.1) is 11.2 Å². The second kappa shape index (κ2) is 12.3. The number of rotatable bonds is 10. The molecule has 1 aliphatic rings. The Labute approximate surface area is 222 Å². The maximum Gasteiger partial charge on any atom is 0.251 e. The summed E-state index contributed by atoms with van der Waals surface area (Å²) in [6.45, 7) is 7.06. The molecule has 1 aliphatic heterocycles. The number of amides is 1. The topological polar surface area (TPSA) is 85.4 Å². The first kappa shape index (κ1) is 29.0. The molecule has 0 radical (unpaired) electrons. The van der Waals surface area contributed by atoms with Gasteiger partial charge in [0, 0.05) is 24.2 Å². The van der Waals surface area contributed by atoms with Gasteiger partial charge in [-0.2, -0.15) is 5.01 Å². The zero-order valence-electron chi connectivity index (χ0n) is 21.7. The highest BCUT2D eigenvalue weighted by Crippen LogP contribution is 2.36. The van der Waals surface area contributed by atoms with Crippen LogP contribution in [0.25, 0.3) is 0 Å². The highest BCUT2D eigenvalue weighted by atomic mass is 35.5. The molecule has 1 amide bonds. The van der Waals surface area contributed by atoms with E-state index in [2.05, 4.69) is 0 Å². The summed E-state index contributed by atoms with van der Waals surface area (Å²) in [6, 6.07) is 12.6. The average Bonchev–Trinajstić information content (AvgIpc) is 3.24. The molecule has 0 aliphatic carbocycles. The summed E-state index contributed by atoms with van der Waals surface area (Å²) < 4.78 is 28.2. The van der Waals surface area contributed by atoms with Gasteiger partial charge in [-0.05, 0) is 42.5 Å². The predicted octanol–water partition coefficient (Wildman–Crippen LogP) is 4.38. The van der Waals surface area contributed by atoms with Crippen molar-refractivity contribution in [3.8, 4) is 0 Å². The van der Waals surface area contributed by atoms with Crippen molar-refractivity contribution in [1.29, 1.82) is 0 Å². The van der Waals surface area contributed by atoms with Crippen LogP contribution in [0.2, 0.25) is 5.02 Å². The Bertz CT molecular complexity index is 1080. The summed E-state index contributed by atoms with van der Waals surface area (Å²) in [7, 11) is 0. The smallest absolute Gasteiger partial charge is 0.251 e. The van der Waals surface area contributed by atoms with E-state index in [4.69, 9.17) is 22.3 Å². The highest BCUT2D eigenvalue weighted by molar-refractivity contribution is 6.30. The normalized spacial score (nSPS) is 18.6. The number of carbonyl (C=O) groups excluding carboxylic acids is 1. The van der Waals surface area contributed by atoms with E-state index in [0.717, 1.165) is 5.56 Å². The number of nitrogens with two attached hydrogens (primary N) is 1. The van der Waals surface area contributed by atoms with Gasteiger partial charge in [-0.15, -0.1) is 0 Å². The number of hydrogen-bond acceptors (Lipinski definition) is 6. The van der Waals surface area contributed by atoms with Gasteiger partial charge >= 0.3 is 0 Å². The van der Waals surface area contributed by atoms with E-state index in [1.54, 1.807) is 5.01 Å². The fourth-order valence-electron chi connectivity index (χ4n) is 4.53. The SMILES string of the molecule is C[C@H](O)C(=O)N(CC[C@H](N)CF)C([C@@H]1N=CN(c2cc(Cl)ccc2F)N1Cc1ccccc1)C(C)(C)C. The van der Waals surface area contributed by atoms with E-state index >= 15 is 4.39 Å². The molecule has 3 rings (SSSR count). The number of aliphatic imine (C=N–C) groups is 1. The van der Waals surface area contributed by atoms with Crippen molar-refractivity contribution < 1.29 is 18.7 Å². The van der Waals surface area contributed by atoms with E-state index in [0.29, 0.717) is 11.6 Å². The lowest BCUT2D eigenvalue weighted by atomic mass is 9.82. The van der Waals surface area contributed by atoms with Crippen LogP contribution in [0.15, 0.2) is 53.5 Å². The Morgan fingerprint density at radius 1 is 1.24 bits per heavy atom. The Balaban J connectivity index is 2.09. The molecule has 0 aromatic heterocycles. The molecule has 0 spiro atoms. The third-order valence-electron chi connectivity index (χ3n) is 6.34. The van der Waals surface area contributed by atoms with Crippen molar-refractivity contribution in [2.24, 2.45) is 16.1 Å². The number of aliphatic hydroxyl groups excluding tert-OH is 1. The molecule has 202 valence electrons. The van der Waals surface area contributed by atoms with Crippen LogP contribution in [0.1, 0.15) is 39.7 Å². The number of hydrogen-bond donors (Lipinski definition) is 2. The monoisotopic (exact) mass is 535 g/mol. The van der Waals surface area contributed by atoms with Crippen molar-refractivity contribution in [1.82, 2.24) is 9.91 Å². The second-order valence-electron chi connectivity index (χ2n) is 10.4. The van der Waals surface area contributed by atoms with Crippen molar-refractivity contribution in [2.75, 3.05) is 18.2 Å². The van der Waals surface area contributed by atoms with Crippen LogP contribution < -0.4 is 10.7 Å². The molecule has 0 fully saturated rings. The van der Waals surface area contributed by atoms with E-state index in [1.807, 2.05) is 56.1 Å². The van der Waals surface area contributed by atoms with Gasteiger partial charge in [0.15, 0.2) is 0 Å². The summed E-state index contributed by atoms with van der Waals surface area (Å²) in [4.78, 5) is 19.6. The zero-order valence-corrected chi connectivity index (χ0v) is 22.4. The minimum absolute atomic E-state index is 0.132. The Kier molecular flexibility index (Phi) is 9.63. The summed E-state index contributed by atoms with van der Waals surface area (Å²) in [5.74, 6) is -0.985. The van der Waals surface area contributed by atoms with Crippen LogP contribution in [0.5, 0.6) is 0 Å². The molecule has 0 saturated carbocycles. The molecule has 7 nitrogen and oxygen atoms in total. The molecule has 3 N–H and O–H groups in total. The Morgan fingerprint density at radius 3 is 2.51 bits per heavy atom. The summed E-state index contributed by atoms with van der Waals surface area (Å²) in [6.07, 6.45) is -0.188. The first-order valence-corrected chi connectivity index (χ1v) is 12.7. The molecular formula is C27H36ClF2N5O2. The number of hydrazine groups is 1. The fourth-order valence-corrected chi connectivity index (χ4v) is 4.70. The summed E-state index contributed by atoms with van der Waals surface area (Å²) in [5.41, 5.74) is 6.47. The average molecular weight is 536 g/mol. The van der Waals surface area contributed by atoms with Crippen LogP contribution in [0.3, 0.4) is 0 Å². The van der Waals surface area contributed by atoms with Gasteiger partial charge in [-0.3, -0.25) is 14.8 Å². The Morgan fingerprint density at radius 2 is 1.92 bits per heavy atom. The standard InChI is InChI=1S/C27H36ClF2N5O2/c1-18(36)26(37)33(13-12-21(31)15-29)24(27(2,3)4)25-32-17-35(23-14-20(28)10-11-22(23)30)34(25)16-19-8-6-5-7-9-19/h5-11,14,17-18,21,24-25,36H,12-13,15-16,31H2,1-4H3/t18-,21-,24?,25+/m0/s1. The van der Waals surface area contributed by atoms with Crippen molar-refractivity contribution >= 4 is 29.5 Å². The van der Waals surface area contributed by atoms with Crippen LogP contribution in [-0.2, 0) is 11.3 Å². The minimum atomic E-state index is -1.28. The van der Waals surface area contributed by atoms with Gasteiger partial charge in [0.25, 0.3) is 5.91 Å². The van der Waals surface area contributed by atoms with Gasteiger partial charge in [0.2, 0.25) is 0 Å². The van der Waals surface area contributed by atoms with Crippen molar-refractivity contribution in [2.45, 2.75) is 65.0 Å². The van der Waals surface area contributed by atoms with Gasteiger partial charge in [0.05, 0.1) is 11.7 Å². The number of alkyl halides is 1. The number of benzene rings is 2. The van der Waals surface area contributed by atoms with Gasteiger partial charge in [-0.25, -0.2) is 8.78 Å². The number of carbonyl (C=O) groups is 1. The number of halogens is 3. The molecule has 1 unspecified atom stereocenters. The molecule has 0 bridgehead atoms. The van der Waals surface area contributed by atoms with Crippen molar-refractivity contribution in [3.05, 3.63) is 64.9 Å². The summed E-state index contributed by atoms with van der Waals surface area (Å²) >= 11 is 6.21. The van der Waals surface area contributed by atoms with E-state index in [9.17, 15) is 14.3 Å². The highest BCUT2D eigenvalue weighted by Gasteiger charge is 2.46. The first-order valence-electron chi connectivity index (χ1n) is 12.3. The minimum Gasteiger partial charge on any atom is -0.384 e. The third-order valence-corrected chi connectivity index (χ3v) is 6.57. The van der Waals surface area contributed by atoms with E-state index < -0.39 is 48.2 Å². The van der Waals surface area contributed by atoms with Crippen LogP contribution in [-0.4, -0.2) is 64.8 Å². The van der Waals surface area contributed by atoms with Gasteiger partial charge in [-0.1, -0.05) is 62.7 Å². The van der Waals surface area contributed by atoms with Gasteiger partial charge < -0.3 is 15.7 Å². The first-order chi connectivity index (χ1) is 17.4. The molecule has 4 atom stereocenters. The molecular weight excluding hydrogens is 500 g/mol. The molecule has 2 aromatic rings. The summed E-state index contributed by atoms with van der Waals surface area (Å²) in [5, 5.41) is 14.1. The molecule has 2 aromatic carbocycles. The Hall–Kier alpha value is -2.59. The molecule has 10 heteroatoms. The lowest BCUT2D eigenvalue weighted by Gasteiger charge is -2.46. The quantitative estimate of drug-likeness (QED) is 0.471.